The number of nitrogens with one attached hydrogen (secondary N) is 2. The Bertz CT molecular complexity index is 749. The van der Waals surface area contributed by atoms with Gasteiger partial charge in [-0.1, -0.05) is 0 Å². The molecule has 0 spiro atoms. The third-order valence-electron chi connectivity index (χ3n) is 2.80. The van der Waals surface area contributed by atoms with E-state index in [1.807, 2.05) is 6.07 Å². The summed E-state index contributed by atoms with van der Waals surface area (Å²) >= 11 is 0. The van der Waals surface area contributed by atoms with Crippen LogP contribution in [-0.2, 0) is 0 Å². The largest absolute Gasteiger partial charge is 0.322 e. The Morgan fingerprint density at radius 2 is 2.00 bits per heavy atom. The second kappa shape index (κ2) is 4.49. The molecule has 0 atom stereocenters. The van der Waals surface area contributed by atoms with Crippen LogP contribution in [-0.4, -0.2) is 26.1 Å². The molecule has 0 aliphatic carbocycles. The Labute approximate surface area is 108 Å². The van der Waals surface area contributed by atoms with Crippen LogP contribution in [0.25, 0.3) is 11.0 Å². The summed E-state index contributed by atoms with van der Waals surface area (Å²) in [5.74, 6) is -0.200. The molecule has 0 saturated carbocycles. The second-order valence-electron chi connectivity index (χ2n) is 4.12. The van der Waals surface area contributed by atoms with E-state index in [-0.39, 0.29) is 5.91 Å². The molecule has 19 heavy (non-hydrogen) atoms. The summed E-state index contributed by atoms with van der Waals surface area (Å²) in [5, 5.41) is 9.37. The number of anilines is 1. The maximum Gasteiger partial charge on any atom is 0.259 e. The second-order valence-corrected chi connectivity index (χ2v) is 4.12. The minimum absolute atomic E-state index is 0.200. The minimum Gasteiger partial charge on any atom is -0.322 e. The van der Waals surface area contributed by atoms with Gasteiger partial charge in [0.15, 0.2) is 0 Å². The van der Waals surface area contributed by atoms with E-state index in [0.29, 0.717) is 11.3 Å². The van der Waals surface area contributed by atoms with E-state index in [1.54, 1.807) is 31.5 Å². The van der Waals surface area contributed by atoms with Crippen LogP contribution in [0.1, 0.15) is 16.1 Å². The third-order valence-corrected chi connectivity index (χ3v) is 2.80. The number of carbonyl (C=O) groups is 1. The van der Waals surface area contributed by atoms with E-state index in [2.05, 4.69) is 25.5 Å². The van der Waals surface area contributed by atoms with Crippen molar-refractivity contribution in [1.82, 2.24) is 20.2 Å². The number of benzene rings is 1. The molecular weight excluding hydrogens is 242 g/mol. The minimum atomic E-state index is -0.200. The van der Waals surface area contributed by atoms with E-state index in [9.17, 15) is 4.79 Å². The van der Waals surface area contributed by atoms with Crippen molar-refractivity contribution >= 4 is 22.6 Å². The summed E-state index contributed by atoms with van der Waals surface area (Å²) in [6, 6.07) is 5.40. The first-order valence-corrected chi connectivity index (χ1v) is 5.76. The van der Waals surface area contributed by atoms with Crippen molar-refractivity contribution in [3.05, 3.63) is 48.0 Å². The Hall–Kier alpha value is -2.76. The molecule has 6 heteroatoms. The lowest BCUT2D eigenvalue weighted by atomic mass is 10.2. The van der Waals surface area contributed by atoms with Gasteiger partial charge in [-0.2, -0.15) is 5.10 Å². The van der Waals surface area contributed by atoms with Gasteiger partial charge in [-0.25, -0.2) is 0 Å². The first-order valence-electron chi connectivity index (χ1n) is 5.76. The zero-order valence-electron chi connectivity index (χ0n) is 10.2. The average Bonchev–Trinajstić information content (AvgIpc) is 2.85. The number of amides is 1. The third kappa shape index (κ3) is 2.15. The number of nitrogens with zero attached hydrogens (tertiary/aromatic N) is 3. The van der Waals surface area contributed by atoms with Gasteiger partial charge in [0.2, 0.25) is 0 Å². The van der Waals surface area contributed by atoms with E-state index in [1.165, 1.54) is 6.20 Å². The molecule has 0 saturated heterocycles. The Morgan fingerprint density at radius 3 is 2.74 bits per heavy atom. The van der Waals surface area contributed by atoms with Gasteiger partial charge in [-0.15, -0.1) is 0 Å². The molecule has 1 amide bonds. The zero-order valence-corrected chi connectivity index (χ0v) is 10.2. The number of aromatic nitrogens is 4. The van der Waals surface area contributed by atoms with E-state index >= 15 is 0 Å². The van der Waals surface area contributed by atoms with Gasteiger partial charge in [0, 0.05) is 23.8 Å². The molecular formula is C13H11N5O. The monoisotopic (exact) mass is 253 g/mol. The maximum atomic E-state index is 12.0. The van der Waals surface area contributed by atoms with Crippen LogP contribution in [0.3, 0.4) is 0 Å². The Morgan fingerprint density at radius 1 is 1.21 bits per heavy atom. The summed E-state index contributed by atoms with van der Waals surface area (Å²) in [5.41, 5.74) is 3.47. The lowest BCUT2D eigenvalue weighted by Crippen LogP contribution is -2.12. The van der Waals surface area contributed by atoms with Crippen molar-refractivity contribution in [3.63, 3.8) is 0 Å². The topological polar surface area (TPSA) is 83.6 Å². The Kier molecular flexibility index (Phi) is 2.68. The highest BCUT2D eigenvalue weighted by Gasteiger charge is 2.11. The molecule has 0 aliphatic heterocycles. The predicted octanol–water partition coefficient (Wildman–Crippen LogP) is 1.91. The van der Waals surface area contributed by atoms with Crippen LogP contribution in [0.2, 0.25) is 0 Å². The number of aromatic amines is 1. The van der Waals surface area contributed by atoms with Gasteiger partial charge in [0.25, 0.3) is 5.91 Å². The van der Waals surface area contributed by atoms with Gasteiger partial charge >= 0.3 is 0 Å². The molecule has 3 aromatic rings. The highest BCUT2D eigenvalue weighted by Crippen LogP contribution is 2.16. The van der Waals surface area contributed by atoms with Crippen LogP contribution in [0.5, 0.6) is 0 Å². The molecule has 0 radical (unpaired) electrons. The molecule has 2 N–H and O–H groups in total. The van der Waals surface area contributed by atoms with Crippen molar-refractivity contribution in [2.45, 2.75) is 6.92 Å². The van der Waals surface area contributed by atoms with Crippen molar-refractivity contribution in [2.75, 3.05) is 5.32 Å². The summed E-state index contributed by atoms with van der Waals surface area (Å²) in [6.07, 6.45) is 4.76. The van der Waals surface area contributed by atoms with Crippen LogP contribution in [0.4, 0.5) is 5.69 Å². The van der Waals surface area contributed by atoms with E-state index in [0.717, 1.165) is 16.7 Å². The van der Waals surface area contributed by atoms with Crippen molar-refractivity contribution in [3.8, 4) is 0 Å². The molecule has 6 nitrogen and oxygen atoms in total. The first kappa shape index (κ1) is 11.3. The summed E-state index contributed by atoms with van der Waals surface area (Å²) < 4.78 is 0. The smallest absolute Gasteiger partial charge is 0.259 e. The lowest BCUT2D eigenvalue weighted by Gasteiger charge is -2.05. The SMILES string of the molecule is Cc1[nH]ncc1C(=O)Nc1ccc2nccnc2c1. The van der Waals surface area contributed by atoms with Gasteiger partial charge in [0.1, 0.15) is 0 Å². The van der Waals surface area contributed by atoms with E-state index < -0.39 is 0 Å². The van der Waals surface area contributed by atoms with Crippen LogP contribution < -0.4 is 5.32 Å². The molecule has 0 unspecified atom stereocenters. The highest BCUT2D eigenvalue weighted by atomic mass is 16.1. The number of aryl methyl sites for hydroxylation is 1. The summed E-state index contributed by atoms with van der Waals surface area (Å²) in [4.78, 5) is 20.4. The average molecular weight is 253 g/mol. The number of carbonyl (C=O) groups excluding carboxylic acids is 1. The molecule has 0 bridgehead atoms. The number of rotatable bonds is 2. The molecule has 3 rings (SSSR count). The fourth-order valence-corrected chi connectivity index (χ4v) is 1.82. The molecule has 1 aromatic carbocycles. The first-order chi connectivity index (χ1) is 9.24. The molecule has 2 heterocycles. The van der Waals surface area contributed by atoms with Crippen LogP contribution >= 0.6 is 0 Å². The van der Waals surface area contributed by atoms with Crippen molar-refractivity contribution in [2.24, 2.45) is 0 Å². The predicted molar refractivity (Wildman–Crippen MR) is 70.8 cm³/mol. The summed E-state index contributed by atoms with van der Waals surface area (Å²) in [6.45, 7) is 1.80. The molecule has 0 fully saturated rings. The maximum absolute atomic E-state index is 12.0. The van der Waals surface area contributed by atoms with Crippen LogP contribution in [0.15, 0.2) is 36.8 Å². The normalized spacial score (nSPS) is 10.6. The Balaban J connectivity index is 1.89. The highest BCUT2D eigenvalue weighted by molar-refractivity contribution is 6.05. The van der Waals surface area contributed by atoms with Gasteiger partial charge < -0.3 is 5.32 Å². The van der Waals surface area contributed by atoms with Gasteiger partial charge in [-0.3, -0.25) is 19.9 Å². The number of H-pyrrole nitrogens is 1. The van der Waals surface area contributed by atoms with Gasteiger partial charge in [0.05, 0.1) is 22.8 Å². The zero-order chi connectivity index (χ0) is 13.2. The number of fused-ring (bicyclic) bond motifs is 1. The number of hydrogen-bond acceptors (Lipinski definition) is 4. The molecule has 2 aromatic heterocycles. The molecule has 94 valence electrons. The quantitative estimate of drug-likeness (QED) is 0.730. The van der Waals surface area contributed by atoms with Gasteiger partial charge in [-0.05, 0) is 25.1 Å². The fraction of sp³-hybridized carbons (Fsp3) is 0.0769. The van der Waals surface area contributed by atoms with Crippen LogP contribution in [0, 0.1) is 6.92 Å². The van der Waals surface area contributed by atoms with E-state index in [4.69, 9.17) is 0 Å². The van der Waals surface area contributed by atoms with Crippen molar-refractivity contribution in [1.29, 1.82) is 0 Å². The number of hydrogen-bond donors (Lipinski definition) is 2. The fourth-order valence-electron chi connectivity index (χ4n) is 1.82. The summed E-state index contributed by atoms with van der Waals surface area (Å²) in [7, 11) is 0. The molecule has 0 aliphatic rings. The standard InChI is InChI=1S/C13H11N5O/c1-8-10(7-16-18-8)13(19)17-9-2-3-11-12(6-9)15-5-4-14-11/h2-7H,1H3,(H,16,18)(H,17,19). The van der Waals surface area contributed by atoms with Crippen molar-refractivity contribution < 1.29 is 4.79 Å². The lowest BCUT2D eigenvalue weighted by molar-refractivity contribution is 0.102.